The molecule has 1 saturated heterocycles. The van der Waals surface area contributed by atoms with E-state index in [9.17, 15) is 19.1 Å². The van der Waals surface area contributed by atoms with Gasteiger partial charge in [0, 0.05) is 29.3 Å². The highest BCUT2D eigenvalue weighted by atomic mass is 79.9. The second kappa shape index (κ2) is 8.24. The molecule has 146 valence electrons. The van der Waals surface area contributed by atoms with Crippen LogP contribution in [0.5, 0.6) is 0 Å². The average Bonchev–Trinajstić information content (AvgIpc) is 2.92. The maximum Gasteiger partial charge on any atom is 0.295 e. The van der Waals surface area contributed by atoms with Crippen LogP contribution in [0.2, 0.25) is 0 Å². The van der Waals surface area contributed by atoms with Gasteiger partial charge in [-0.15, -0.1) is 0 Å². The molecule has 1 unspecified atom stereocenters. The van der Waals surface area contributed by atoms with Crippen LogP contribution in [0, 0.1) is 12.7 Å². The summed E-state index contributed by atoms with van der Waals surface area (Å²) in [7, 11) is 1.47. The molecule has 1 atom stereocenters. The first-order chi connectivity index (χ1) is 13.4. The molecule has 7 heteroatoms. The number of aliphatic hydroxyl groups is 1. The van der Waals surface area contributed by atoms with Crippen LogP contribution in [-0.4, -0.2) is 42.0 Å². The Morgan fingerprint density at radius 2 is 1.96 bits per heavy atom. The van der Waals surface area contributed by atoms with E-state index in [2.05, 4.69) is 15.9 Å². The standard InChI is InChI=1S/C21H19BrFNO4/c1-12-11-13(7-8-15(12)22)19(25)17-18(14-5-3-4-6-16(14)23)24(9-10-28-2)21(27)20(17)26/h3-8,11,18,25H,9-10H2,1-2H3/b19-17+. The molecule has 0 saturated carbocycles. The van der Waals surface area contributed by atoms with Gasteiger partial charge < -0.3 is 14.7 Å². The van der Waals surface area contributed by atoms with E-state index in [0.717, 1.165) is 10.0 Å². The topological polar surface area (TPSA) is 66.8 Å². The summed E-state index contributed by atoms with van der Waals surface area (Å²) in [4.78, 5) is 26.6. The summed E-state index contributed by atoms with van der Waals surface area (Å²) in [5, 5.41) is 10.9. The van der Waals surface area contributed by atoms with Gasteiger partial charge in [0.05, 0.1) is 18.2 Å². The van der Waals surface area contributed by atoms with Crippen LogP contribution in [0.15, 0.2) is 52.5 Å². The Bertz CT molecular complexity index is 973. The number of carbonyl (C=O) groups excluding carboxylic acids is 2. The maximum absolute atomic E-state index is 14.6. The lowest BCUT2D eigenvalue weighted by atomic mass is 9.94. The van der Waals surface area contributed by atoms with E-state index in [1.54, 1.807) is 24.3 Å². The van der Waals surface area contributed by atoms with Gasteiger partial charge in [-0.3, -0.25) is 9.59 Å². The van der Waals surface area contributed by atoms with Crippen molar-refractivity contribution in [3.63, 3.8) is 0 Å². The van der Waals surface area contributed by atoms with Crippen molar-refractivity contribution in [1.82, 2.24) is 4.90 Å². The molecule has 2 aromatic carbocycles. The molecule has 0 aromatic heterocycles. The summed E-state index contributed by atoms with van der Waals surface area (Å²) in [6.45, 7) is 2.11. The lowest BCUT2D eigenvalue weighted by Crippen LogP contribution is -2.33. The third kappa shape index (κ3) is 3.59. The van der Waals surface area contributed by atoms with Crippen molar-refractivity contribution in [2.75, 3.05) is 20.3 Å². The minimum Gasteiger partial charge on any atom is -0.507 e. The molecule has 1 aliphatic heterocycles. The molecule has 1 aliphatic rings. The highest BCUT2D eigenvalue weighted by Gasteiger charge is 2.46. The summed E-state index contributed by atoms with van der Waals surface area (Å²) in [6, 6.07) is 9.95. The Hall–Kier alpha value is -2.51. The molecule has 28 heavy (non-hydrogen) atoms. The minimum absolute atomic E-state index is 0.0935. The second-order valence-corrected chi connectivity index (χ2v) is 7.33. The third-order valence-electron chi connectivity index (χ3n) is 4.71. The van der Waals surface area contributed by atoms with Crippen molar-refractivity contribution in [3.8, 4) is 0 Å². The second-order valence-electron chi connectivity index (χ2n) is 6.47. The van der Waals surface area contributed by atoms with Crippen LogP contribution in [0.4, 0.5) is 4.39 Å². The van der Waals surface area contributed by atoms with Crippen molar-refractivity contribution in [2.45, 2.75) is 13.0 Å². The number of nitrogens with zero attached hydrogens (tertiary/aromatic N) is 1. The van der Waals surface area contributed by atoms with Gasteiger partial charge in [-0.25, -0.2) is 4.39 Å². The largest absolute Gasteiger partial charge is 0.507 e. The van der Waals surface area contributed by atoms with Crippen LogP contribution in [0.3, 0.4) is 0 Å². The number of methoxy groups -OCH3 is 1. The molecule has 0 radical (unpaired) electrons. The zero-order chi connectivity index (χ0) is 20.4. The Kier molecular flexibility index (Phi) is 5.96. The predicted molar refractivity (Wildman–Crippen MR) is 106 cm³/mol. The molecule has 1 fully saturated rings. The average molecular weight is 448 g/mol. The maximum atomic E-state index is 14.6. The SMILES string of the molecule is COCCN1C(=O)C(=O)/C(=C(/O)c2ccc(Br)c(C)c2)C1c1ccccc1F. The van der Waals surface area contributed by atoms with E-state index in [1.807, 2.05) is 6.92 Å². The first kappa shape index (κ1) is 20.2. The lowest BCUT2D eigenvalue weighted by Gasteiger charge is -2.25. The summed E-state index contributed by atoms with van der Waals surface area (Å²) in [6.07, 6.45) is 0. The fourth-order valence-corrected chi connectivity index (χ4v) is 3.51. The number of benzene rings is 2. The van der Waals surface area contributed by atoms with Crippen molar-refractivity contribution in [1.29, 1.82) is 0 Å². The van der Waals surface area contributed by atoms with E-state index in [0.29, 0.717) is 5.56 Å². The molecule has 0 aliphatic carbocycles. The number of halogens is 2. The monoisotopic (exact) mass is 447 g/mol. The van der Waals surface area contributed by atoms with Crippen molar-refractivity contribution in [3.05, 3.63) is 75.0 Å². The zero-order valence-electron chi connectivity index (χ0n) is 15.4. The van der Waals surface area contributed by atoms with Crippen molar-refractivity contribution in [2.24, 2.45) is 0 Å². The van der Waals surface area contributed by atoms with Gasteiger partial charge in [0.15, 0.2) is 0 Å². The van der Waals surface area contributed by atoms with Gasteiger partial charge in [0.2, 0.25) is 0 Å². The lowest BCUT2D eigenvalue weighted by molar-refractivity contribution is -0.140. The molecule has 1 N–H and O–H groups in total. The molecule has 1 amide bonds. The number of aliphatic hydroxyl groups excluding tert-OH is 1. The smallest absolute Gasteiger partial charge is 0.295 e. The predicted octanol–water partition coefficient (Wildman–Crippen LogP) is 3.96. The van der Waals surface area contributed by atoms with E-state index < -0.39 is 23.5 Å². The molecule has 3 rings (SSSR count). The van der Waals surface area contributed by atoms with E-state index in [1.165, 1.54) is 30.2 Å². The van der Waals surface area contributed by atoms with Crippen LogP contribution >= 0.6 is 15.9 Å². The Morgan fingerprint density at radius 1 is 1.25 bits per heavy atom. The summed E-state index contributed by atoms with van der Waals surface area (Å²) in [5.41, 5.74) is 1.24. The first-order valence-corrected chi connectivity index (χ1v) is 9.44. The van der Waals surface area contributed by atoms with Crippen LogP contribution in [0.1, 0.15) is 22.7 Å². The fourth-order valence-electron chi connectivity index (χ4n) is 3.27. The van der Waals surface area contributed by atoms with Gasteiger partial charge in [-0.2, -0.15) is 0 Å². The normalized spacial score (nSPS) is 18.7. The molecule has 5 nitrogen and oxygen atoms in total. The van der Waals surface area contributed by atoms with Crippen molar-refractivity contribution >= 4 is 33.4 Å². The molecule has 0 spiro atoms. The fraction of sp³-hybridized carbons (Fsp3) is 0.238. The summed E-state index contributed by atoms with van der Waals surface area (Å²) < 4.78 is 20.4. The molecule has 2 aromatic rings. The minimum atomic E-state index is -1.03. The molecule has 0 bridgehead atoms. The van der Waals surface area contributed by atoms with Crippen LogP contribution < -0.4 is 0 Å². The molecule has 1 heterocycles. The number of ketones is 1. The Morgan fingerprint density at radius 3 is 2.61 bits per heavy atom. The quantitative estimate of drug-likeness (QED) is 0.427. The number of likely N-dealkylation sites (tertiary alicyclic amines) is 1. The van der Waals surface area contributed by atoms with E-state index >= 15 is 0 Å². The first-order valence-electron chi connectivity index (χ1n) is 8.65. The number of rotatable bonds is 5. The number of hydrogen-bond acceptors (Lipinski definition) is 4. The zero-order valence-corrected chi connectivity index (χ0v) is 17.0. The number of Topliss-reactive ketones (excluding diaryl/α,β-unsaturated/α-hetero) is 1. The van der Waals surface area contributed by atoms with Crippen LogP contribution in [-0.2, 0) is 14.3 Å². The highest BCUT2D eigenvalue weighted by molar-refractivity contribution is 9.10. The third-order valence-corrected chi connectivity index (χ3v) is 5.60. The summed E-state index contributed by atoms with van der Waals surface area (Å²) >= 11 is 3.39. The molecular weight excluding hydrogens is 429 g/mol. The van der Waals surface area contributed by atoms with Crippen LogP contribution in [0.25, 0.3) is 5.76 Å². The van der Waals surface area contributed by atoms with E-state index in [4.69, 9.17) is 4.74 Å². The Labute approximate surface area is 170 Å². The number of amides is 1. The van der Waals surface area contributed by atoms with Gasteiger partial charge in [0.25, 0.3) is 11.7 Å². The summed E-state index contributed by atoms with van der Waals surface area (Å²) in [5.74, 6) is -2.53. The number of carbonyl (C=O) groups is 2. The van der Waals surface area contributed by atoms with Gasteiger partial charge in [-0.05, 0) is 30.7 Å². The number of ether oxygens (including phenoxy) is 1. The van der Waals surface area contributed by atoms with Gasteiger partial charge >= 0.3 is 0 Å². The number of aryl methyl sites for hydroxylation is 1. The molecular formula is C21H19BrFNO4. The van der Waals surface area contributed by atoms with Gasteiger partial charge in [0.1, 0.15) is 11.6 Å². The highest BCUT2D eigenvalue weighted by Crippen LogP contribution is 2.40. The van der Waals surface area contributed by atoms with Gasteiger partial charge in [-0.1, -0.05) is 40.2 Å². The number of hydrogen-bond donors (Lipinski definition) is 1. The van der Waals surface area contributed by atoms with Crippen molar-refractivity contribution < 1.29 is 23.8 Å². The van der Waals surface area contributed by atoms with E-state index in [-0.39, 0.29) is 30.0 Å². The Balaban J connectivity index is 2.20.